The SMILES string of the molecule is C=C(C1=C(NC2CCOCC2)CCN(C(C)=O)C1)c1cccc2c(C#N)c(-c3cnn(C)c3)ncc12. The van der Waals surface area contributed by atoms with Crippen LogP contribution in [-0.4, -0.2) is 57.9 Å². The zero-order valence-corrected chi connectivity index (χ0v) is 20.8. The molecule has 0 spiro atoms. The van der Waals surface area contributed by atoms with Gasteiger partial charge in [-0.05, 0) is 29.6 Å². The summed E-state index contributed by atoms with van der Waals surface area (Å²) < 4.78 is 7.23. The predicted molar refractivity (Wildman–Crippen MR) is 139 cm³/mol. The van der Waals surface area contributed by atoms with Crippen LogP contribution in [0.2, 0.25) is 0 Å². The minimum Gasteiger partial charge on any atom is -0.385 e. The first-order chi connectivity index (χ1) is 17.5. The molecule has 0 unspecified atom stereocenters. The fourth-order valence-electron chi connectivity index (χ4n) is 5.10. The Bertz CT molecular complexity index is 1410. The molecule has 2 aromatic heterocycles. The van der Waals surface area contributed by atoms with Crippen molar-refractivity contribution in [1.29, 1.82) is 5.26 Å². The van der Waals surface area contributed by atoms with Gasteiger partial charge in [0.05, 0.1) is 17.5 Å². The van der Waals surface area contributed by atoms with Gasteiger partial charge in [-0.25, -0.2) is 0 Å². The Morgan fingerprint density at radius 1 is 1.25 bits per heavy atom. The molecule has 0 aliphatic carbocycles. The number of rotatable bonds is 5. The summed E-state index contributed by atoms with van der Waals surface area (Å²) in [4.78, 5) is 18.8. The molecule has 184 valence electrons. The van der Waals surface area contributed by atoms with E-state index in [2.05, 4.69) is 28.0 Å². The molecule has 1 amide bonds. The number of pyridine rings is 1. The van der Waals surface area contributed by atoms with Gasteiger partial charge in [-0.1, -0.05) is 24.8 Å². The Morgan fingerprint density at radius 3 is 2.75 bits per heavy atom. The number of fused-ring (bicyclic) bond motifs is 1. The number of carbonyl (C=O) groups is 1. The van der Waals surface area contributed by atoms with Gasteiger partial charge in [0.1, 0.15) is 6.07 Å². The largest absolute Gasteiger partial charge is 0.385 e. The van der Waals surface area contributed by atoms with Gasteiger partial charge in [-0.3, -0.25) is 14.5 Å². The third-order valence-electron chi connectivity index (χ3n) is 7.10. The van der Waals surface area contributed by atoms with Crippen LogP contribution in [0.5, 0.6) is 0 Å². The molecule has 3 aromatic rings. The number of nitrogens with one attached hydrogen (secondary N) is 1. The summed E-state index contributed by atoms with van der Waals surface area (Å²) in [6.07, 6.45) is 8.06. The summed E-state index contributed by atoms with van der Waals surface area (Å²) in [6.45, 7) is 8.80. The molecule has 1 fully saturated rings. The Labute approximate surface area is 210 Å². The van der Waals surface area contributed by atoms with E-state index in [-0.39, 0.29) is 5.91 Å². The second-order valence-electron chi connectivity index (χ2n) is 9.42. The first kappa shape index (κ1) is 23.8. The average Bonchev–Trinajstić information content (AvgIpc) is 3.33. The van der Waals surface area contributed by atoms with E-state index in [0.29, 0.717) is 30.4 Å². The van der Waals surface area contributed by atoms with Gasteiger partial charge in [0.2, 0.25) is 5.91 Å². The maximum absolute atomic E-state index is 12.3. The molecule has 2 aliphatic heterocycles. The van der Waals surface area contributed by atoms with Gasteiger partial charge in [0.15, 0.2) is 0 Å². The van der Waals surface area contributed by atoms with Crippen molar-refractivity contribution in [2.45, 2.75) is 32.2 Å². The molecular weight excluding hydrogens is 452 g/mol. The fraction of sp³-hybridized carbons (Fsp3) is 0.357. The molecule has 4 heterocycles. The number of nitriles is 1. The Balaban J connectivity index is 1.58. The van der Waals surface area contributed by atoms with Crippen molar-refractivity contribution < 1.29 is 9.53 Å². The van der Waals surface area contributed by atoms with Gasteiger partial charge in [-0.15, -0.1) is 0 Å². The number of amides is 1. The van der Waals surface area contributed by atoms with Crippen molar-refractivity contribution in [3.05, 3.63) is 65.8 Å². The van der Waals surface area contributed by atoms with Crippen LogP contribution in [0.3, 0.4) is 0 Å². The molecule has 1 saturated heterocycles. The third kappa shape index (κ3) is 4.50. The lowest BCUT2D eigenvalue weighted by molar-refractivity contribution is -0.128. The standard InChI is InChI=1S/C28H30N6O2/c1-18(26-17-34(19(2)35)10-7-27(26)32-21-8-11-36-12-9-21)22-5-4-6-23-24(13-29)28(30-15-25(22)23)20-14-31-33(3)16-20/h4-6,14-16,21,32H,1,7-12,17H2,2-3H3. The number of carbonyl (C=O) groups excluding carboxylic acids is 1. The Morgan fingerprint density at radius 2 is 2.06 bits per heavy atom. The summed E-state index contributed by atoms with van der Waals surface area (Å²) in [6, 6.07) is 8.63. The Kier molecular flexibility index (Phi) is 6.57. The van der Waals surface area contributed by atoms with Crippen LogP contribution < -0.4 is 5.32 Å². The van der Waals surface area contributed by atoms with Gasteiger partial charge in [0.25, 0.3) is 0 Å². The molecule has 1 aromatic carbocycles. The summed E-state index contributed by atoms with van der Waals surface area (Å²) in [5.41, 5.74) is 5.87. The van der Waals surface area contributed by atoms with Crippen molar-refractivity contribution in [2.24, 2.45) is 7.05 Å². The molecular formula is C28H30N6O2. The van der Waals surface area contributed by atoms with Gasteiger partial charge in [-0.2, -0.15) is 10.4 Å². The first-order valence-electron chi connectivity index (χ1n) is 12.3. The molecule has 0 saturated carbocycles. The third-order valence-corrected chi connectivity index (χ3v) is 7.10. The minimum atomic E-state index is 0.0536. The molecule has 8 heteroatoms. The monoisotopic (exact) mass is 482 g/mol. The van der Waals surface area contributed by atoms with Gasteiger partial charge in [0, 0.05) is 87.2 Å². The van der Waals surface area contributed by atoms with Crippen LogP contribution in [0.4, 0.5) is 0 Å². The number of hydrogen-bond acceptors (Lipinski definition) is 6. The highest BCUT2D eigenvalue weighted by atomic mass is 16.5. The lowest BCUT2D eigenvalue weighted by Gasteiger charge is -2.34. The van der Waals surface area contributed by atoms with Crippen molar-refractivity contribution in [3.63, 3.8) is 0 Å². The average molecular weight is 483 g/mol. The van der Waals surface area contributed by atoms with E-state index in [1.807, 2.05) is 42.5 Å². The number of benzene rings is 1. The summed E-state index contributed by atoms with van der Waals surface area (Å²) in [5.74, 6) is 0.0536. The summed E-state index contributed by atoms with van der Waals surface area (Å²) in [7, 11) is 1.84. The first-order valence-corrected chi connectivity index (χ1v) is 12.3. The van der Waals surface area contributed by atoms with E-state index in [9.17, 15) is 10.1 Å². The number of hydrogen-bond donors (Lipinski definition) is 1. The second-order valence-corrected chi connectivity index (χ2v) is 9.42. The highest BCUT2D eigenvalue weighted by molar-refractivity contribution is 6.01. The number of aryl methyl sites for hydroxylation is 1. The molecule has 5 rings (SSSR count). The van der Waals surface area contributed by atoms with Crippen LogP contribution in [0, 0.1) is 11.3 Å². The zero-order valence-electron chi connectivity index (χ0n) is 20.8. The van der Waals surface area contributed by atoms with Crippen LogP contribution in [0.15, 0.2) is 54.6 Å². The van der Waals surface area contributed by atoms with E-state index in [1.54, 1.807) is 17.8 Å². The number of aromatic nitrogens is 3. The van der Waals surface area contributed by atoms with Crippen molar-refractivity contribution in [2.75, 3.05) is 26.3 Å². The quantitative estimate of drug-likeness (QED) is 0.594. The molecule has 0 bridgehead atoms. The van der Waals surface area contributed by atoms with Crippen molar-refractivity contribution >= 4 is 22.3 Å². The van der Waals surface area contributed by atoms with E-state index in [1.165, 1.54) is 0 Å². The Hall–Kier alpha value is -3.96. The topological polar surface area (TPSA) is 96.1 Å². The molecule has 2 aliphatic rings. The van der Waals surface area contributed by atoms with Crippen molar-refractivity contribution in [3.8, 4) is 17.3 Å². The lowest BCUT2D eigenvalue weighted by Crippen LogP contribution is -2.41. The summed E-state index contributed by atoms with van der Waals surface area (Å²) >= 11 is 0. The maximum atomic E-state index is 12.3. The van der Waals surface area contributed by atoms with Crippen LogP contribution in [0.25, 0.3) is 27.6 Å². The summed E-state index contributed by atoms with van der Waals surface area (Å²) in [5, 5.41) is 19.7. The molecule has 36 heavy (non-hydrogen) atoms. The second kappa shape index (κ2) is 9.96. The zero-order chi connectivity index (χ0) is 25.2. The smallest absolute Gasteiger partial charge is 0.219 e. The predicted octanol–water partition coefficient (Wildman–Crippen LogP) is 3.80. The molecule has 8 nitrogen and oxygen atoms in total. The highest BCUT2D eigenvalue weighted by Crippen LogP contribution is 2.36. The van der Waals surface area contributed by atoms with Gasteiger partial charge < -0.3 is 15.0 Å². The maximum Gasteiger partial charge on any atom is 0.219 e. The minimum absolute atomic E-state index is 0.0536. The molecule has 1 N–H and O–H groups in total. The van der Waals surface area contributed by atoms with E-state index >= 15 is 0 Å². The molecule has 0 atom stereocenters. The highest BCUT2D eigenvalue weighted by Gasteiger charge is 2.26. The number of ether oxygens (including phenoxy) is 1. The van der Waals surface area contributed by atoms with E-state index in [4.69, 9.17) is 4.74 Å². The fourth-order valence-corrected chi connectivity index (χ4v) is 5.10. The number of nitrogens with zero attached hydrogens (tertiary/aromatic N) is 5. The van der Waals surface area contributed by atoms with Gasteiger partial charge >= 0.3 is 0 Å². The van der Waals surface area contributed by atoms with E-state index in [0.717, 1.165) is 71.2 Å². The van der Waals surface area contributed by atoms with Crippen molar-refractivity contribution in [1.82, 2.24) is 25.0 Å². The molecule has 0 radical (unpaired) electrons. The normalized spacial score (nSPS) is 16.8. The van der Waals surface area contributed by atoms with E-state index < -0.39 is 0 Å². The van der Waals surface area contributed by atoms with Crippen LogP contribution in [0.1, 0.15) is 37.3 Å². The van der Waals surface area contributed by atoms with Crippen LogP contribution >= 0.6 is 0 Å². The lowest BCUT2D eigenvalue weighted by atomic mass is 9.89. The van der Waals surface area contributed by atoms with Crippen LogP contribution in [-0.2, 0) is 16.6 Å².